The molecule has 102 valence electrons. The van der Waals surface area contributed by atoms with Gasteiger partial charge < -0.3 is 15.5 Å². The molecule has 2 rings (SSSR count). The van der Waals surface area contributed by atoms with Crippen molar-refractivity contribution < 1.29 is 19.8 Å². The highest BCUT2D eigenvalue weighted by Gasteiger charge is 2.07. The van der Waals surface area contributed by atoms with Crippen LogP contribution in [0.1, 0.15) is 15.9 Å². The minimum atomic E-state index is -0.901. The second-order valence-electron chi connectivity index (χ2n) is 4.27. The van der Waals surface area contributed by atoms with Crippen LogP contribution in [0.4, 0.5) is 5.69 Å². The van der Waals surface area contributed by atoms with Gasteiger partial charge in [0.25, 0.3) is 5.91 Å². The van der Waals surface area contributed by atoms with E-state index < -0.39 is 5.97 Å². The molecule has 2 aromatic rings. The van der Waals surface area contributed by atoms with Crippen molar-refractivity contribution in [2.45, 2.75) is 6.42 Å². The van der Waals surface area contributed by atoms with Gasteiger partial charge in [-0.3, -0.25) is 9.59 Å². The fourth-order valence-electron chi connectivity index (χ4n) is 1.73. The molecular formula is C15H13NO4. The number of hydrogen-bond acceptors (Lipinski definition) is 3. The van der Waals surface area contributed by atoms with Gasteiger partial charge in [0.2, 0.25) is 0 Å². The fraction of sp³-hybridized carbons (Fsp3) is 0.0667. The van der Waals surface area contributed by atoms with Crippen molar-refractivity contribution in [3.8, 4) is 5.75 Å². The van der Waals surface area contributed by atoms with Gasteiger partial charge in [0, 0.05) is 11.3 Å². The first-order valence-electron chi connectivity index (χ1n) is 5.96. The molecule has 0 aliphatic carbocycles. The summed E-state index contributed by atoms with van der Waals surface area (Å²) >= 11 is 0. The van der Waals surface area contributed by atoms with E-state index in [-0.39, 0.29) is 18.1 Å². The molecule has 0 heterocycles. The highest BCUT2D eigenvalue weighted by Crippen LogP contribution is 2.14. The fourth-order valence-corrected chi connectivity index (χ4v) is 1.73. The molecule has 0 aromatic heterocycles. The van der Waals surface area contributed by atoms with Crippen molar-refractivity contribution >= 4 is 17.6 Å². The van der Waals surface area contributed by atoms with E-state index >= 15 is 0 Å². The van der Waals surface area contributed by atoms with Gasteiger partial charge in [0.1, 0.15) is 5.75 Å². The first-order valence-corrected chi connectivity index (χ1v) is 5.96. The molecule has 0 aliphatic rings. The zero-order valence-electron chi connectivity index (χ0n) is 10.5. The minimum Gasteiger partial charge on any atom is -0.508 e. The Morgan fingerprint density at radius 3 is 2.35 bits per heavy atom. The topological polar surface area (TPSA) is 86.6 Å². The van der Waals surface area contributed by atoms with E-state index in [2.05, 4.69) is 5.32 Å². The summed E-state index contributed by atoms with van der Waals surface area (Å²) < 4.78 is 0. The quantitative estimate of drug-likeness (QED) is 0.796. The van der Waals surface area contributed by atoms with Crippen molar-refractivity contribution in [1.29, 1.82) is 0 Å². The number of phenols is 1. The summed E-state index contributed by atoms with van der Waals surface area (Å²) in [6, 6.07) is 12.6. The Bertz CT molecular complexity index is 635. The Labute approximate surface area is 115 Å². The van der Waals surface area contributed by atoms with Crippen molar-refractivity contribution in [3.05, 3.63) is 59.7 Å². The summed E-state index contributed by atoms with van der Waals surface area (Å²) in [4.78, 5) is 22.5. The number of carboxylic acid groups (broad SMARTS) is 1. The number of hydrogen-bond donors (Lipinski definition) is 3. The van der Waals surface area contributed by atoms with Gasteiger partial charge >= 0.3 is 5.97 Å². The maximum Gasteiger partial charge on any atom is 0.307 e. The maximum absolute atomic E-state index is 11.9. The van der Waals surface area contributed by atoms with Gasteiger partial charge in [-0.25, -0.2) is 0 Å². The highest BCUT2D eigenvalue weighted by atomic mass is 16.4. The SMILES string of the molecule is O=C(O)Cc1ccc(NC(=O)c2cccc(O)c2)cc1. The number of carbonyl (C=O) groups excluding carboxylic acids is 1. The van der Waals surface area contributed by atoms with Crippen LogP contribution in [0, 0.1) is 0 Å². The van der Waals surface area contributed by atoms with Crippen LogP contribution >= 0.6 is 0 Å². The van der Waals surface area contributed by atoms with E-state index in [1.807, 2.05) is 0 Å². The highest BCUT2D eigenvalue weighted by molar-refractivity contribution is 6.04. The molecule has 0 aliphatic heterocycles. The Kier molecular flexibility index (Phi) is 4.00. The lowest BCUT2D eigenvalue weighted by Crippen LogP contribution is -2.11. The largest absolute Gasteiger partial charge is 0.508 e. The lowest BCUT2D eigenvalue weighted by atomic mass is 10.1. The van der Waals surface area contributed by atoms with Gasteiger partial charge in [0.15, 0.2) is 0 Å². The lowest BCUT2D eigenvalue weighted by Gasteiger charge is -2.06. The van der Waals surface area contributed by atoms with E-state index in [9.17, 15) is 14.7 Å². The van der Waals surface area contributed by atoms with Crippen LogP contribution in [-0.4, -0.2) is 22.1 Å². The van der Waals surface area contributed by atoms with Crippen LogP contribution in [-0.2, 0) is 11.2 Å². The Morgan fingerprint density at radius 2 is 1.75 bits per heavy atom. The molecule has 0 saturated carbocycles. The normalized spacial score (nSPS) is 10.0. The monoisotopic (exact) mass is 271 g/mol. The van der Waals surface area contributed by atoms with Gasteiger partial charge in [-0.1, -0.05) is 18.2 Å². The number of rotatable bonds is 4. The first kappa shape index (κ1) is 13.6. The maximum atomic E-state index is 11.9. The molecule has 0 unspecified atom stereocenters. The van der Waals surface area contributed by atoms with Gasteiger partial charge in [0.05, 0.1) is 6.42 Å². The molecule has 3 N–H and O–H groups in total. The minimum absolute atomic E-state index is 0.0226. The number of phenolic OH excluding ortho intramolecular Hbond substituents is 1. The molecule has 5 nitrogen and oxygen atoms in total. The second-order valence-corrected chi connectivity index (χ2v) is 4.27. The number of amides is 1. The van der Waals surface area contributed by atoms with E-state index in [4.69, 9.17) is 5.11 Å². The smallest absolute Gasteiger partial charge is 0.307 e. The molecule has 2 aromatic carbocycles. The van der Waals surface area contributed by atoms with Crippen LogP contribution in [0.3, 0.4) is 0 Å². The number of anilines is 1. The molecule has 0 radical (unpaired) electrons. The molecule has 5 heteroatoms. The Hall–Kier alpha value is -2.82. The average Bonchev–Trinajstić information content (AvgIpc) is 2.40. The molecule has 20 heavy (non-hydrogen) atoms. The molecular weight excluding hydrogens is 258 g/mol. The number of aromatic hydroxyl groups is 1. The first-order chi connectivity index (χ1) is 9.54. The summed E-state index contributed by atoms with van der Waals surface area (Å²) in [5.41, 5.74) is 1.57. The summed E-state index contributed by atoms with van der Waals surface area (Å²) in [6.07, 6.45) is -0.0548. The van der Waals surface area contributed by atoms with Crippen molar-refractivity contribution in [3.63, 3.8) is 0 Å². The number of benzene rings is 2. The Balaban J connectivity index is 2.06. The number of carboxylic acids is 1. The summed E-state index contributed by atoms with van der Waals surface area (Å²) in [5.74, 6) is -1.22. The number of carbonyl (C=O) groups is 2. The van der Waals surface area contributed by atoms with E-state index in [0.717, 1.165) is 0 Å². The zero-order chi connectivity index (χ0) is 14.5. The third-order valence-electron chi connectivity index (χ3n) is 2.68. The molecule has 0 atom stereocenters. The van der Waals surface area contributed by atoms with Crippen LogP contribution in [0.5, 0.6) is 5.75 Å². The predicted molar refractivity (Wildman–Crippen MR) is 73.8 cm³/mol. The van der Waals surface area contributed by atoms with Crippen molar-refractivity contribution in [2.75, 3.05) is 5.32 Å². The molecule has 0 fully saturated rings. The van der Waals surface area contributed by atoms with Gasteiger partial charge in [-0.15, -0.1) is 0 Å². The van der Waals surface area contributed by atoms with Crippen molar-refractivity contribution in [2.24, 2.45) is 0 Å². The predicted octanol–water partition coefficient (Wildman–Crippen LogP) is 2.27. The van der Waals surface area contributed by atoms with Gasteiger partial charge in [-0.05, 0) is 35.9 Å². The van der Waals surface area contributed by atoms with E-state index in [0.29, 0.717) is 16.8 Å². The van der Waals surface area contributed by atoms with E-state index in [1.165, 1.54) is 12.1 Å². The second kappa shape index (κ2) is 5.88. The molecule has 0 saturated heterocycles. The third kappa shape index (κ3) is 3.58. The average molecular weight is 271 g/mol. The molecule has 0 spiro atoms. The summed E-state index contributed by atoms with van der Waals surface area (Å²) in [6.45, 7) is 0. The van der Waals surface area contributed by atoms with Crippen LogP contribution < -0.4 is 5.32 Å². The number of nitrogens with one attached hydrogen (secondary N) is 1. The van der Waals surface area contributed by atoms with Gasteiger partial charge in [-0.2, -0.15) is 0 Å². The third-order valence-corrected chi connectivity index (χ3v) is 2.68. The molecule has 0 bridgehead atoms. The van der Waals surface area contributed by atoms with Crippen LogP contribution in [0.25, 0.3) is 0 Å². The number of aliphatic carboxylic acids is 1. The summed E-state index contributed by atoms with van der Waals surface area (Å²) in [5, 5.41) is 20.6. The summed E-state index contributed by atoms with van der Waals surface area (Å²) in [7, 11) is 0. The molecule has 1 amide bonds. The van der Waals surface area contributed by atoms with Crippen LogP contribution in [0.2, 0.25) is 0 Å². The van der Waals surface area contributed by atoms with E-state index in [1.54, 1.807) is 36.4 Å². The van der Waals surface area contributed by atoms with Crippen LogP contribution in [0.15, 0.2) is 48.5 Å². The standard InChI is InChI=1S/C15H13NO4/c17-13-3-1-2-11(9-13)15(20)16-12-6-4-10(5-7-12)8-14(18)19/h1-7,9,17H,8H2,(H,16,20)(H,18,19). The Morgan fingerprint density at radius 1 is 1.05 bits per heavy atom. The lowest BCUT2D eigenvalue weighted by molar-refractivity contribution is -0.136. The van der Waals surface area contributed by atoms with Crippen molar-refractivity contribution in [1.82, 2.24) is 0 Å². The zero-order valence-corrected chi connectivity index (χ0v) is 10.5.